The lowest BCUT2D eigenvalue weighted by molar-refractivity contribution is -0.0452. The van der Waals surface area contributed by atoms with Crippen LogP contribution >= 0.6 is 0 Å². The van der Waals surface area contributed by atoms with Gasteiger partial charge < -0.3 is 14.6 Å². The molecule has 0 bridgehead atoms. The SMILES string of the molecule is Cc1ccc(NC2COC3(CCN(Cc4nccn4C)CC3)C2)nn1. The van der Waals surface area contributed by atoms with Crippen molar-refractivity contribution < 1.29 is 4.74 Å². The van der Waals surface area contributed by atoms with Gasteiger partial charge in [-0.1, -0.05) is 0 Å². The van der Waals surface area contributed by atoms with E-state index in [-0.39, 0.29) is 5.60 Å². The third-order valence-electron chi connectivity index (χ3n) is 5.41. The summed E-state index contributed by atoms with van der Waals surface area (Å²) in [6.07, 6.45) is 7.07. The van der Waals surface area contributed by atoms with Crippen LogP contribution in [-0.4, -0.2) is 56.0 Å². The molecule has 2 aliphatic rings. The molecule has 4 rings (SSSR count). The number of piperidine rings is 1. The third kappa shape index (κ3) is 3.67. The van der Waals surface area contributed by atoms with Gasteiger partial charge in [0.15, 0.2) is 0 Å². The minimum absolute atomic E-state index is 0.0218. The highest BCUT2D eigenvalue weighted by atomic mass is 16.5. The second kappa shape index (κ2) is 6.72. The average molecular weight is 342 g/mol. The van der Waals surface area contributed by atoms with Gasteiger partial charge in [-0.2, -0.15) is 5.10 Å². The Morgan fingerprint density at radius 3 is 2.80 bits per heavy atom. The number of aromatic nitrogens is 4. The van der Waals surface area contributed by atoms with Crippen LogP contribution < -0.4 is 5.32 Å². The number of likely N-dealkylation sites (tertiary alicyclic amines) is 1. The molecular formula is C18H26N6O. The first-order valence-electron chi connectivity index (χ1n) is 9.01. The lowest BCUT2D eigenvalue weighted by Crippen LogP contribution is -2.44. The zero-order chi connectivity index (χ0) is 17.3. The summed E-state index contributed by atoms with van der Waals surface area (Å²) in [5, 5.41) is 11.8. The van der Waals surface area contributed by atoms with Crippen LogP contribution in [0.25, 0.3) is 0 Å². The van der Waals surface area contributed by atoms with Gasteiger partial charge in [0.1, 0.15) is 11.6 Å². The summed E-state index contributed by atoms with van der Waals surface area (Å²) in [5.41, 5.74) is 0.957. The van der Waals surface area contributed by atoms with Gasteiger partial charge in [0, 0.05) is 32.5 Å². The topological polar surface area (TPSA) is 68.1 Å². The highest BCUT2D eigenvalue weighted by Gasteiger charge is 2.42. The van der Waals surface area contributed by atoms with E-state index >= 15 is 0 Å². The Kier molecular flexibility index (Phi) is 4.43. The third-order valence-corrected chi connectivity index (χ3v) is 5.41. The van der Waals surface area contributed by atoms with Crippen LogP contribution in [0, 0.1) is 6.92 Å². The predicted molar refractivity (Wildman–Crippen MR) is 95.2 cm³/mol. The Labute approximate surface area is 148 Å². The monoisotopic (exact) mass is 342 g/mol. The summed E-state index contributed by atoms with van der Waals surface area (Å²) in [6.45, 7) is 5.73. The van der Waals surface area contributed by atoms with Gasteiger partial charge in [-0.25, -0.2) is 4.98 Å². The lowest BCUT2D eigenvalue weighted by Gasteiger charge is -2.38. The van der Waals surface area contributed by atoms with Crippen LogP contribution in [0.2, 0.25) is 0 Å². The van der Waals surface area contributed by atoms with Gasteiger partial charge in [0.05, 0.1) is 30.5 Å². The first-order valence-corrected chi connectivity index (χ1v) is 9.01. The molecule has 2 saturated heterocycles. The van der Waals surface area contributed by atoms with E-state index in [1.165, 1.54) is 0 Å². The highest BCUT2D eigenvalue weighted by molar-refractivity contribution is 5.34. The Balaban J connectivity index is 1.30. The number of anilines is 1. The van der Waals surface area contributed by atoms with Crippen LogP contribution in [0.3, 0.4) is 0 Å². The molecule has 7 nitrogen and oxygen atoms in total. The summed E-state index contributed by atoms with van der Waals surface area (Å²) in [6, 6.07) is 4.29. The highest BCUT2D eigenvalue weighted by Crippen LogP contribution is 2.37. The summed E-state index contributed by atoms with van der Waals surface area (Å²) in [5.74, 6) is 1.96. The molecule has 0 aliphatic carbocycles. The molecular weight excluding hydrogens is 316 g/mol. The zero-order valence-electron chi connectivity index (χ0n) is 15.0. The summed E-state index contributed by atoms with van der Waals surface area (Å²) >= 11 is 0. The minimum atomic E-state index is 0.0218. The van der Waals surface area contributed by atoms with Crippen molar-refractivity contribution in [2.75, 3.05) is 25.0 Å². The van der Waals surface area contributed by atoms with Crippen molar-refractivity contribution in [3.63, 3.8) is 0 Å². The molecule has 2 aromatic rings. The molecule has 0 aromatic carbocycles. The number of imidazole rings is 1. The van der Waals surface area contributed by atoms with Crippen LogP contribution in [0.4, 0.5) is 5.82 Å². The number of hydrogen-bond acceptors (Lipinski definition) is 6. The van der Waals surface area contributed by atoms with E-state index in [4.69, 9.17) is 4.74 Å². The summed E-state index contributed by atoms with van der Waals surface area (Å²) in [4.78, 5) is 6.91. The summed E-state index contributed by atoms with van der Waals surface area (Å²) < 4.78 is 8.34. The maximum Gasteiger partial charge on any atom is 0.148 e. The van der Waals surface area contributed by atoms with Gasteiger partial charge in [-0.05, 0) is 38.3 Å². The maximum atomic E-state index is 6.24. The molecule has 2 aliphatic heterocycles. The molecule has 7 heteroatoms. The number of nitrogens with zero attached hydrogens (tertiary/aromatic N) is 5. The molecule has 0 amide bonds. The van der Waals surface area contributed by atoms with Crippen molar-refractivity contribution >= 4 is 5.82 Å². The quantitative estimate of drug-likeness (QED) is 0.913. The van der Waals surface area contributed by atoms with Crippen molar-refractivity contribution in [3.8, 4) is 0 Å². The molecule has 0 radical (unpaired) electrons. The van der Waals surface area contributed by atoms with E-state index in [0.717, 1.165) is 62.8 Å². The second-order valence-corrected chi connectivity index (χ2v) is 7.33. The fourth-order valence-electron chi connectivity index (χ4n) is 3.84. The van der Waals surface area contributed by atoms with Gasteiger partial charge in [-0.15, -0.1) is 5.10 Å². The fourth-order valence-corrected chi connectivity index (χ4v) is 3.84. The van der Waals surface area contributed by atoms with Gasteiger partial charge >= 0.3 is 0 Å². The van der Waals surface area contributed by atoms with E-state index in [9.17, 15) is 0 Å². The number of ether oxygens (including phenoxy) is 1. The Hall–Kier alpha value is -1.99. The first-order chi connectivity index (χ1) is 12.1. The Bertz CT molecular complexity index is 705. The molecule has 25 heavy (non-hydrogen) atoms. The molecule has 2 aromatic heterocycles. The largest absolute Gasteiger partial charge is 0.373 e. The second-order valence-electron chi connectivity index (χ2n) is 7.33. The molecule has 1 N–H and O–H groups in total. The summed E-state index contributed by atoms with van der Waals surface area (Å²) in [7, 11) is 2.05. The molecule has 0 saturated carbocycles. The van der Waals surface area contributed by atoms with Crippen molar-refractivity contribution in [2.24, 2.45) is 7.05 Å². The van der Waals surface area contributed by atoms with Crippen molar-refractivity contribution in [1.82, 2.24) is 24.6 Å². The average Bonchev–Trinajstić information content (AvgIpc) is 3.19. The van der Waals surface area contributed by atoms with Crippen molar-refractivity contribution in [2.45, 2.75) is 44.4 Å². The minimum Gasteiger partial charge on any atom is -0.373 e. The van der Waals surface area contributed by atoms with E-state index in [0.29, 0.717) is 6.04 Å². The van der Waals surface area contributed by atoms with Gasteiger partial charge in [0.2, 0.25) is 0 Å². The van der Waals surface area contributed by atoms with Crippen molar-refractivity contribution in [1.29, 1.82) is 0 Å². The number of nitrogens with one attached hydrogen (secondary N) is 1. The number of aryl methyl sites for hydroxylation is 2. The van der Waals surface area contributed by atoms with Gasteiger partial charge in [0.25, 0.3) is 0 Å². The smallest absolute Gasteiger partial charge is 0.148 e. The van der Waals surface area contributed by atoms with Crippen LogP contribution in [-0.2, 0) is 18.3 Å². The molecule has 1 spiro atoms. The lowest BCUT2D eigenvalue weighted by atomic mass is 9.87. The molecule has 1 unspecified atom stereocenters. The molecule has 134 valence electrons. The van der Waals surface area contributed by atoms with E-state index in [1.807, 2.05) is 31.5 Å². The van der Waals surface area contributed by atoms with E-state index in [2.05, 4.69) is 37.0 Å². The normalized spacial score (nSPS) is 23.2. The van der Waals surface area contributed by atoms with Crippen LogP contribution in [0.1, 0.15) is 30.8 Å². The molecule has 2 fully saturated rings. The zero-order valence-corrected chi connectivity index (χ0v) is 15.0. The first kappa shape index (κ1) is 16.5. The van der Waals surface area contributed by atoms with E-state index in [1.54, 1.807) is 0 Å². The Morgan fingerprint density at radius 2 is 2.12 bits per heavy atom. The fraction of sp³-hybridized carbons (Fsp3) is 0.611. The van der Waals surface area contributed by atoms with E-state index < -0.39 is 0 Å². The predicted octanol–water partition coefficient (Wildman–Crippen LogP) is 1.75. The Morgan fingerprint density at radius 1 is 1.28 bits per heavy atom. The van der Waals surface area contributed by atoms with Crippen LogP contribution in [0.15, 0.2) is 24.5 Å². The standard InChI is InChI=1S/C18H26N6O/c1-14-3-4-16(22-21-14)20-15-11-18(25-13-15)5-8-24(9-6-18)12-17-19-7-10-23(17)2/h3-4,7,10,15H,5-6,8-9,11-13H2,1-2H3,(H,20,22). The molecule has 4 heterocycles. The number of hydrogen-bond donors (Lipinski definition) is 1. The van der Waals surface area contributed by atoms with Gasteiger partial charge in [-0.3, -0.25) is 4.90 Å². The van der Waals surface area contributed by atoms with Crippen molar-refractivity contribution in [3.05, 3.63) is 36.0 Å². The molecule has 1 atom stereocenters. The number of rotatable bonds is 4. The maximum absolute atomic E-state index is 6.24. The van der Waals surface area contributed by atoms with Crippen LogP contribution in [0.5, 0.6) is 0 Å².